The van der Waals surface area contributed by atoms with E-state index < -0.39 is 40.2 Å². The molecule has 224 valence electrons. The fraction of sp³-hybridized carbons (Fsp3) is 0.235. The molecule has 4 rings (SSSR count). The van der Waals surface area contributed by atoms with E-state index in [1.54, 1.807) is 49.4 Å². The minimum Gasteiger partial charge on any atom is -0.357 e. The van der Waals surface area contributed by atoms with Crippen LogP contribution in [-0.4, -0.2) is 44.8 Å². The predicted octanol–water partition coefficient (Wildman–Crippen LogP) is 5.33. The van der Waals surface area contributed by atoms with Crippen LogP contribution in [0.15, 0.2) is 102 Å². The number of likely N-dealkylation sites (N-methyl/N-ethyl adjacent to an activating group) is 1. The molecule has 4 aromatic rings. The number of rotatable bonds is 11. The Morgan fingerprint density at radius 2 is 1.47 bits per heavy atom. The van der Waals surface area contributed by atoms with Gasteiger partial charge in [-0.25, -0.2) is 12.8 Å². The van der Waals surface area contributed by atoms with E-state index in [0.717, 1.165) is 21.0 Å². The maximum atomic E-state index is 14.9. The van der Waals surface area contributed by atoms with Gasteiger partial charge in [0, 0.05) is 25.6 Å². The molecule has 0 heterocycles. The molecule has 2 amide bonds. The minimum absolute atomic E-state index is 0.0265. The third-order valence-corrected chi connectivity index (χ3v) is 9.10. The average Bonchev–Trinajstić information content (AvgIpc) is 2.99. The lowest BCUT2D eigenvalue weighted by Gasteiger charge is -2.34. The summed E-state index contributed by atoms with van der Waals surface area (Å²) in [6.07, 6.45) is 0.148. The van der Waals surface area contributed by atoms with E-state index in [1.165, 1.54) is 30.1 Å². The molecule has 0 saturated heterocycles. The number of hydrogen-bond acceptors (Lipinski definition) is 4. The second-order valence-corrected chi connectivity index (χ2v) is 12.4. The maximum absolute atomic E-state index is 14.9. The average molecular weight is 602 g/mol. The van der Waals surface area contributed by atoms with Crippen molar-refractivity contribution in [2.24, 2.45) is 0 Å². The van der Waals surface area contributed by atoms with E-state index in [0.29, 0.717) is 11.3 Å². The Balaban J connectivity index is 1.82. The number of nitrogens with zero attached hydrogens (tertiary/aromatic N) is 2. The standard InChI is InChI=1S/C34H36FN3O4S/c1-24-14-17-29(18-15-24)43(41,42)38(31-19-16-25(2)20-26(31)3)23-33(39)37(22-28-12-8-9-13-30(28)35)32(34(40)36-4)21-27-10-6-5-7-11-27/h5-20,32H,21-23H2,1-4H3,(H,36,40). The summed E-state index contributed by atoms with van der Waals surface area (Å²) in [5.41, 5.74) is 3.82. The topological polar surface area (TPSA) is 86.8 Å². The van der Waals surface area contributed by atoms with Crippen LogP contribution in [0.4, 0.5) is 10.1 Å². The molecule has 0 fully saturated rings. The van der Waals surface area contributed by atoms with E-state index in [1.807, 2.05) is 50.2 Å². The van der Waals surface area contributed by atoms with Gasteiger partial charge in [-0.3, -0.25) is 13.9 Å². The molecule has 0 aliphatic heterocycles. The number of aryl methyl sites for hydroxylation is 3. The van der Waals surface area contributed by atoms with E-state index in [2.05, 4.69) is 5.32 Å². The molecular weight excluding hydrogens is 565 g/mol. The molecular formula is C34H36FN3O4S. The van der Waals surface area contributed by atoms with Crippen LogP contribution in [0.5, 0.6) is 0 Å². The Bertz CT molecular complexity index is 1690. The highest BCUT2D eigenvalue weighted by atomic mass is 32.2. The fourth-order valence-electron chi connectivity index (χ4n) is 4.97. The van der Waals surface area contributed by atoms with Crippen molar-refractivity contribution < 1.29 is 22.4 Å². The molecule has 7 nitrogen and oxygen atoms in total. The maximum Gasteiger partial charge on any atom is 0.264 e. The van der Waals surface area contributed by atoms with Gasteiger partial charge in [-0.15, -0.1) is 0 Å². The molecule has 43 heavy (non-hydrogen) atoms. The van der Waals surface area contributed by atoms with Gasteiger partial charge in [0.1, 0.15) is 18.4 Å². The van der Waals surface area contributed by atoms with Crippen molar-refractivity contribution in [1.82, 2.24) is 10.2 Å². The lowest BCUT2D eigenvalue weighted by atomic mass is 10.0. The Kier molecular flexibility index (Phi) is 9.98. The first kappa shape index (κ1) is 31.4. The second-order valence-electron chi connectivity index (χ2n) is 10.5. The number of amides is 2. The zero-order chi connectivity index (χ0) is 31.1. The zero-order valence-corrected chi connectivity index (χ0v) is 25.6. The molecule has 0 saturated carbocycles. The van der Waals surface area contributed by atoms with Crippen LogP contribution in [0.25, 0.3) is 0 Å². The molecule has 0 aromatic heterocycles. The smallest absolute Gasteiger partial charge is 0.264 e. The Labute approximate surface area is 253 Å². The molecule has 0 spiro atoms. The first-order valence-corrected chi connectivity index (χ1v) is 15.4. The van der Waals surface area contributed by atoms with Crippen molar-refractivity contribution in [3.05, 3.63) is 131 Å². The number of nitrogens with one attached hydrogen (secondary N) is 1. The van der Waals surface area contributed by atoms with Gasteiger partial charge in [-0.1, -0.05) is 83.9 Å². The number of hydrogen-bond donors (Lipinski definition) is 1. The predicted molar refractivity (Wildman–Crippen MR) is 167 cm³/mol. The number of sulfonamides is 1. The van der Waals surface area contributed by atoms with Gasteiger partial charge < -0.3 is 10.2 Å². The monoisotopic (exact) mass is 601 g/mol. The summed E-state index contributed by atoms with van der Waals surface area (Å²) in [5, 5.41) is 2.62. The summed E-state index contributed by atoms with van der Waals surface area (Å²) in [4.78, 5) is 28.9. The van der Waals surface area contributed by atoms with Crippen LogP contribution >= 0.6 is 0 Å². The van der Waals surface area contributed by atoms with E-state index >= 15 is 0 Å². The number of halogens is 1. The third kappa shape index (κ3) is 7.48. The van der Waals surface area contributed by atoms with Gasteiger partial charge in [-0.2, -0.15) is 0 Å². The normalized spacial score (nSPS) is 11.9. The minimum atomic E-state index is -4.22. The molecule has 1 N–H and O–H groups in total. The highest BCUT2D eigenvalue weighted by molar-refractivity contribution is 7.92. The van der Waals surface area contributed by atoms with Crippen LogP contribution < -0.4 is 9.62 Å². The number of benzene rings is 4. The van der Waals surface area contributed by atoms with Gasteiger partial charge in [0.15, 0.2) is 0 Å². The van der Waals surface area contributed by atoms with E-state index in [4.69, 9.17) is 0 Å². The quantitative estimate of drug-likeness (QED) is 0.252. The summed E-state index contributed by atoms with van der Waals surface area (Å²) in [6.45, 7) is 4.70. The molecule has 1 unspecified atom stereocenters. The van der Waals surface area contributed by atoms with Crippen molar-refractivity contribution in [2.75, 3.05) is 17.9 Å². The summed E-state index contributed by atoms with van der Waals surface area (Å²) in [6, 6.07) is 25.9. The second kappa shape index (κ2) is 13.6. The molecule has 0 bridgehead atoms. The molecule has 4 aromatic carbocycles. The summed E-state index contributed by atoms with van der Waals surface area (Å²) in [7, 11) is -2.75. The third-order valence-electron chi connectivity index (χ3n) is 7.32. The first-order valence-electron chi connectivity index (χ1n) is 14.0. The number of carbonyl (C=O) groups excluding carboxylic acids is 2. The van der Waals surface area contributed by atoms with Crippen LogP contribution in [0.2, 0.25) is 0 Å². The fourth-order valence-corrected chi connectivity index (χ4v) is 6.45. The molecule has 0 radical (unpaired) electrons. The van der Waals surface area contributed by atoms with Gasteiger partial charge in [0.05, 0.1) is 10.6 Å². The molecule has 9 heteroatoms. The van der Waals surface area contributed by atoms with Crippen LogP contribution in [0, 0.1) is 26.6 Å². The summed E-state index contributed by atoms with van der Waals surface area (Å²) in [5.74, 6) is -1.63. The Hall–Kier alpha value is -4.50. The SMILES string of the molecule is CNC(=O)C(Cc1ccccc1)N(Cc1ccccc1F)C(=O)CN(c1ccc(C)cc1C)S(=O)(=O)c1ccc(C)cc1. The Morgan fingerprint density at radius 3 is 2.09 bits per heavy atom. The van der Waals surface area contributed by atoms with Crippen molar-refractivity contribution in [3.63, 3.8) is 0 Å². The number of carbonyl (C=O) groups is 2. The molecule has 0 aliphatic rings. The molecule has 0 aliphatic carbocycles. The summed E-state index contributed by atoms with van der Waals surface area (Å²) < 4.78 is 44.2. The van der Waals surface area contributed by atoms with E-state index in [-0.39, 0.29) is 23.4 Å². The highest BCUT2D eigenvalue weighted by Gasteiger charge is 2.35. The van der Waals surface area contributed by atoms with Crippen molar-refractivity contribution in [1.29, 1.82) is 0 Å². The lowest BCUT2D eigenvalue weighted by molar-refractivity contribution is -0.139. The van der Waals surface area contributed by atoms with Crippen LogP contribution in [0.1, 0.15) is 27.8 Å². The van der Waals surface area contributed by atoms with Crippen LogP contribution in [-0.2, 0) is 32.6 Å². The van der Waals surface area contributed by atoms with Crippen molar-refractivity contribution in [3.8, 4) is 0 Å². The summed E-state index contributed by atoms with van der Waals surface area (Å²) >= 11 is 0. The van der Waals surface area contributed by atoms with Crippen molar-refractivity contribution >= 4 is 27.5 Å². The van der Waals surface area contributed by atoms with Crippen LogP contribution in [0.3, 0.4) is 0 Å². The lowest BCUT2D eigenvalue weighted by Crippen LogP contribution is -2.53. The largest absolute Gasteiger partial charge is 0.357 e. The van der Waals surface area contributed by atoms with Gasteiger partial charge in [-0.05, 0) is 56.2 Å². The molecule has 1 atom stereocenters. The van der Waals surface area contributed by atoms with Gasteiger partial charge >= 0.3 is 0 Å². The van der Waals surface area contributed by atoms with Gasteiger partial charge in [0.2, 0.25) is 11.8 Å². The number of anilines is 1. The van der Waals surface area contributed by atoms with Gasteiger partial charge in [0.25, 0.3) is 10.0 Å². The first-order chi connectivity index (χ1) is 20.5. The van der Waals surface area contributed by atoms with E-state index in [9.17, 15) is 22.4 Å². The zero-order valence-electron chi connectivity index (χ0n) is 24.7. The van der Waals surface area contributed by atoms with Crippen molar-refractivity contribution in [2.45, 2.75) is 44.7 Å². The Morgan fingerprint density at radius 1 is 0.837 bits per heavy atom. The highest BCUT2D eigenvalue weighted by Crippen LogP contribution is 2.29.